The molecule has 1 unspecified atom stereocenters. The second kappa shape index (κ2) is 3.34. The molecule has 0 spiro atoms. The van der Waals surface area contributed by atoms with E-state index in [1.807, 2.05) is 6.92 Å². The highest BCUT2D eigenvalue weighted by Gasteiger charge is 2.09. The van der Waals surface area contributed by atoms with Crippen molar-refractivity contribution in [1.82, 2.24) is 14.8 Å². The first-order chi connectivity index (χ1) is 5.29. The van der Waals surface area contributed by atoms with E-state index in [0.29, 0.717) is 0 Å². The number of aromatic nitrogens is 3. The van der Waals surface area contributed by atoms with Crippen LogP contribution in [-0.2, 0) is 4.74 Å². The number of ether oxygens (including phenoxy) is 1. The van der Waals surface area contributed by atoms with Crippen LogP contribution >= 0.6 is 0 Å². The third-order valence-electron chi connectivity index (χ3n) is 1.47. The molecule has 0 radical (unpaired) electrons. The topological polar surface area (TPSA) is 59.9 Å². The highest BCUT2D eigenvalue weighted by molar-refractivity contribution is 4.62. The van der Waals surface area contributed by atoms with Crippen molar-refractivity contribution in [2.75, 3.05) is 7.11 Å². The molecule has 0 saturated heterocycles. The maximum absolute atomic E-state index is 10.9. The molecule has 0 bridgehead atoms. The Labute approximate surface area is 64.0 Å². The standard InChI is InChI=1S/C6H11N3O2/c1-3-5(11-2)9-6(10)7-4-8-9/h4-5H,3H2,1-2H3,(H,7,8,10). The van der Waals surface area contributed by atoms with Gasteiger partial charge in [0.05, 0.1) is 0 Å². The minimum absolute atomic E-state index is 0.237. The summed E-state index contributed by atoms with van der Waals surface area (Å²) >= 11 is 0. The molecule has 5 heteroatoms. The summed E-state index contributed by atoms with van der Waals surface area (Å²) in [5.74, 6) is 0. The molecule has 1 N–H and O–H groups in total. The first kappa shape index (κ1) is 8.00. The molecule has 0 aliphatic heterocycles. The molecule has 5 nitrogen and oxygen atoms in total. The molecule has 1 heterocycles. The molecule has 62 valence electrons. The number of methoxy groups -OCH3 is 1. The van der Waals surface area contributed by atoms with Crippen molar-refractivity contribution in [2.24, 2.45) is 0 Å². The number of rotatable bonds is 3. The van der Waals surface area contributed by atoms with Crippen molar-refractivity contribution in [3.8, 4) is 0 Å². The van der Waals surface area contributed by atoms with E-state index in [2.05, 4.69) is 10.1 Å². The quantitative estimate of drug-likeness (QED) is 0.678. The molecular weight excluding hydrogens is 146 g/mol. The lowest BCUT2D eigenvalue weighted by molar-refractivity contribution is 0.0279. The number of nitrogens with zero attached hydrogens (tertiary/aromatic N) is 2. The lowest BCUT2D eigenvalue weighted by Gasteiger charge is -2.10. The third-order valence-corrected chi connectivity index (χ3v) is 1.47. The first-order valence-electron chi connectivity index (χ1n) is 3.44. The monoisotopic (exact) mass is 157 g/mol. The minimum Gasteiger partial charge on any atom is -0.360 e. The fraction of sp³-hybridized carbons (Fsp3) is 0.667. The number of nitrogens with one attached hydrogen (secondary N) is 1. The molecule has 1 aromatic rings. The van der Waals surface area contributed by atoms with Crippen LogP contribution in [-0.4, -0.2) is 21.9 Å². The summed E-state index contributed by atoms with van der Waals surface area (Å²) in [5, 5.41) is 3.78. The summed E-state index contributed by atoms with van der Waals surface area (Å²) in [6.07, 6.45) is 1.82. The zero-order chi connectivity index (χ0) is 8.27. The van der Waals surface area contributed by atoms with Gasteiger partial charge in [-0.25, -0.2) is 4.79 Å². The van der Waals surface area contributed by atoms with E-state index < -0.39 is 0 Å². The van der Waals surface area contributed by atoms with Gasteiger partial charge >= 0.3 is 5.69 Å². The number of hydrogen-bond acceptors (Lipinski definition) is 3. The molecule has 1 aromatic heterocycles. The van der Waals surface area contributed by atoms with Gasteiger partial charge in [-0.1, -0.05) is 6.92 Å². The Balaban J connectivity index is 2.90. The van der Waals surface area contributed by atoms with Crippen molar-refractivity contribution in [1.29, 1.82) is 0 Å². The van der Waals surface area contributed by atoms with E-state index in [0.717, 1.165) is 6.42 Å². The summed E-state index contributed by atoms with van der Waals surface area (Å²) in [7, 11) is 1.55. The Kier molecular flexibility index (Phi) is 2.43. The average Bonchev–Trinajstić information content (AvgIpc) is 2.40. The number of aromatic amines is 1. The number of H-pyrrole nitrogens is 1. The lowest BCUT2D eigenvalue weighted by Crippen LogP contribution is -2.24. The fourth-order valence-corrected chi connectivity index (χ4v) is 0.909. The Morgan fingerprint density at radius 3 is 3.00 bits per heavy atom. The Morgan fingerprint density at radius 2 is 2.64 bits per heavy atom. The molecule has 0 aromatic carbocycles. The van der Waals surface area contributed by atoms with Gasteiger partial charge in [-0.15, -0.1) is 0 Å². The molecule has 1 rings (SSSR count). The summed E-state index contributed by atoms with van der Waals surface area (Å²) in [4.78, 5) is 13.4. The predicted molar refractivity (Wildman–Crippen MR) is 39.2 cm³/mol. The van der Waals surface area contributed by atoms with Gasteiger partial charge in [-0.2, -0.15) is 9.78 Å². The van der Waals surface area contributed by atoms with Crippen LogP contribution in [0.3, 0.4) is 0 Å². The van der Waals surface area contributed by atoms with Crippen LogP contribution in [0.1, 0.15) is 19.6 Å². The lowest BCUT2D eigenvalue weighted by atomic mass is 10.4. The number of hydrogen-bond donors (Lipinski definition) is 1. The maximum Gasteiger partial charge on any atom is 0.345 e. The van der Waals surface area contributed by atoms with E-state index in [1.54, 1.807) is 7.11 Å². The van der Waals surface area contributed by atoms with Crippen LogP contribution in [0.2, 0.25) is 0 Å². The van der Waals surface area contributed by atoms with Crippen LogP contribution in [0.4, 0.5) is 0 Å². The van der Waals surface area contributed by atoms with Crippen LogP contribution < -0.4 is 5.69 Å². The third kappa shape index (κ3) is 1.48. The fourth-order valence-electron chi connectivity index (χ4n) is 0.909. The van der Waals surface area contributed by atoms with Gasteiger partial charge in [-0.05, 0) is 6.42 Å². The predicted octanol–water partition coefficient (Wildman–Crippen LogP) is 0.126. The van der Waals surface area contributed by atoms with Gasteiger partial charge in [0.2, 0.25) is 0 Å². The van der Waals surface area contributed by atoms with Crippen molar-refractivity contribution in [3.05, 3.63) is 16.8 Å². The van der Waals surface area contributed by atoms with E-state index >= 15 is 0 Å². The van der Waals surface area contributed by atoms with Gasteiger partial charge in [0, 0.05) is 7.11 Å². The van der Waals surface area contributed by atoms with E-state index in [9.17, 15) is 4.79 Å². The molecule has 0 fully saturated rings. The zero-order valence-electron chi connectivity index (χ0n) is 6.57. The summed E-state index contributed by atoms with van der Waals surface area (Å²) in [6.45, 7) is 1.93. The molecule has 1 atom stereocenters. The smallest absolute Gasteiger partial charge is 0.345 e. The molecular formula is C6H11N3O2. The second-order valence-corrected chi connectivity index (χ2v) is 2.14. The second-order valence-electron chi connectivity index (χ2n) is 2.14. The summed E-state index contributed by atoms with van der Waals surface area (Å²) in [5.41, 5.74) is -0.237. The van der Waals surface area contributed by atoms with Gasteiger partial charge in [0.25, 0.3) is 0 Å². The van der Waals surface area contributed by atoms with E-state index in [1.165, 1.54) is 11.0 Å². The largest absolute Gasteiger partial charge is 0.360 e. The van der Waals surface area contributed by atoms with Gasteiger partial charge in [-0.3, -0.25) is 4.98 Å². The summed E-state index contributed by atoms with van der Waals surface area (Å²) < 4.78 is 6.28. The molecule has 0 aliphatic rings. The van der Waals surface area contributed by atoms with Crippen LogP contribution in [0, 0.1) is 0 Å². The van der Waals surface area contributed by atoms with Gasteiger partial charge < -0.3 is 4.74 Å². The first-order valence-corrected chi connectivity index (χ1v) is 3.44. The Bertz CT molecular complexity index is 261. The van der Waals surface area contributed by atoms with Crippen molar-refractivity contribution < 1.29 is 4.74 Å². The maximum atomic E-state index is 10.9. The van der Waals surface area contributed by atoms with Crippen molar-refractivity contribution >= 4 is 0 Å². The van der Waals surface area contributed by atoms with Gasteiger partial charge in [0.1, 0.15) is 6.33 Å². The minimum atomic E-state index is -0.256. The Morgan fingerprint density at radius 1 is 1.91 bits per heavy atom. The normalized spacial score (nSPS) is 13.3. The zero-order valence-corrected chi connectivity index (χ0v) is 6.57. The van der Waals surface area contributed by atoms with E-state index in [4.69, 9.17) is 4.74 Å². The highest BCUT2D eigenvalue weighted by atomic mass is 16.5. The Hall–Kier alpha value is -1.10. The molecule has 0 aliphatic carbocycles. The molecule has 0 amide bonds. The summed E-state index contributed by atoms with van der Waals surface area (Å²) in [6, 6.07) is 0. The van der Waals surface area contributed by atoms with Gasteiger partial charge in [0.15, 0.2) is 6.23 Å². The molecule has 0 saturated carbocycles. The SMILES string of the molecule is CCC(OC)n1nc[nH]c1=O. The van der Waals surface area contributed by atoms with Crippen molar-refractivity contribution in [2.45, 2.75) is 19.6 Å². The highest BCUT2D eigenvalue weighted by Crippen LogP contribution is 2.05. The average molecular weight is 157 g/mol. The van der Waals surface area contributed by atoms with Crippen LogP contribution in [0.15, 0.2) is 11.1 Å². The molecule has 11 heavy (non-hydrogen) atoms. The van der Waals surface area contributed by atoms with Crippen LogP contribution in [0.5, 0.6) is 0 Å². The van der Waals surface area contributed by atoms with Crippen LogP contribution in [0.25, 0.3) is 0 Å². The van der Waals surface area contributed by atoms with Crippen molar-refractivity contribution in [3.63, 3.8) is 0 Å². The van der Waals surface area contributed by atoms with E-state index in [-0.39, 0.29) is 11.9 Å².